The van der Waals surface area contributed by atoms with E-state index in [2.05, 4.69) is 10.5 Å². The fraction of sp³-hybridized carbons (Fsp3) is 0.273. The largest absolute Gasteiger partial charge is 0.416 e. The van der Waals surface area contributed by atoms with Gasteiger partial charge in [0.25, 0.3) is 0 Å². The van der Waals surface area contributed by atoms with Crippen LogP contribution in [-0.4, -0.2) is 11.1 Å². The summed E-state index contributed by atoms with van der Waals surface area (Å²) in [6.07, 6.45) is -1.38. The molecule has 0 spiro atoms. The second kappa shape index (κ2) is 7.93. The zero-order chi connectivity index (χ0) is 21.3. The molecule has 0 radical (unpaired) electrons. The topological polar surface area (TPSA) is 55.1 Å². The van der Waals surface area contributed by atoms with Crippen LogP contribution in [0.3, 0.4) is 0 Å². The van der Waals surface area contributed by atoms with Gasteiger partial charge in [-0.05, 0) is 61.6 Å². The molecule has 1 amide bonds. The number of carbonyl (C=O) groups is 1. The number of aromatic nitrogens is 1. The van der Waals surface area contributed by atoms with Gasteiger partial charge in [0.05, 0.1) is 17.7 Å². The molecule has 0 saturated carbocycles. The van der Waals surface area contributed by atoms with Crippen LogP contribution in [0.25, 0.3) is 11.3 Å². The van der Waals surface area contributed by atoms with Crippen molar-refractivity contribution in [3.05, 3.63) is 70.7 Å². The van der Waals surface area contributed by atoms with Gasteiger partial charge in [0, 0.05) is 16.8 Å². The number of hydrogen-bond donors (Lipinski definition) is 1. The van der Waals surface area contributed by atoms with Crippen LogP contribution in [0, 0.1) is 5.82 Å². The SMILES string of the molecule is O=C(Cc1ccc(F)cc1)Nc1cc(-c2onc3c2CCCC3)cc(C(F)(F)F)c1. The number of rotatable bonds is 4. The van der Waals surface area contributed by atoms with Gasteiger partial charge in [0.15, 0.2) is 5.76 Å². The van der Waals surface area contributed by atoms with Crippen LogP contribution in [0.4, 0.5) is 23.2 Å². The maximum absolute atomic E-state index is 13.5. The van der Waals surface area contributed by atoms with E-state index in [-0.39, 0.29) is 17.7 Å². The molecule has 0 aliphatic heterocycles. The zero-order valence-electron chi connectivity index (χ0n) is 15.9. The third kappa shape index (κ3) is 4.37. The number of anilines is 1. The first-order valence-corrected chi connectivity index (χ1v) is 9.54. The molecule has 1 aliphatic carbocycles. The molecule has 0 fully saturated rings. The second-order valence-corrected chi connectivity index (χ2v) is 7.29. The van der Waals surface area contributed by atoms with Crippen LogP contribution in [0.5, 0.6) is 0 Å². The van der Waals surface area contributed by atoms with Crippen molar-refractivity contribution in [3.63, 3.8) is 0 Å². The van der Waals surface area contributed by atoms with E-state index in [0.717, 1.165) is 42.7 Å². The summed E-state index contributed by atoms with van der Waals surface area (Å²) in [7, 11) is 0. The molecule has 2 aromatic carbocycles. The minimum absolute atomic E-state index is 0.00731. The van der Waals surface area contributed by atoms with E-state index >= 15 is 0 Å². The normalized spacial score (nSPS) is 13.7. The smallest absolute Gasteiger partial charge is 0.356 e. The van der Waals surface area contributed by atoms with Crippen LogP contribution in [0.1, 0.15) is 35.2 Å². The van der Waals surface area contributed by atoms with Gasteiger partial charge in [-0.15, -0.1) is 0 Å². The summed E-state index contributed by atoms with van der Waals surface area (Å²) in [5.41, 5.74) is 1.48. The number of alkyl halides is 3. The number of halogens is 4. The monoisotopic (exact) mass is 418 g/mol. The number of benzene rings is 2. The number of nitrogens with one attached hydrogen (secondary N) is 1. The summed E-state index contributed by atoms with van der Waals surface area (Å²) >= 11 is 0. The van der Waals surface area contributed by atoms with Gasteiger partial charge >= 0.3 is 6.18 Å². The van der Waals surface area contributed by atoms with Crippen LogP contribution in [-0.2, 0) is 30.2 Å². The fourth-order valence-corrected chi connectivity index (χ4v) is 3.60. The Morgan fingerprint density at radius 3 is 2.53 bits per heavy atom. The van der Waals surface area contributed by atoms with E-state index in [1.807, 2.05) is 0 Å². The minimum Gasteiger partial charge on any atom is -0.356 e. The lowest BCUT2D eigenvalue weighted by molar-refractivity contribution is -0.137. The van der Waals surface area contributed by atoms with E-state index in [9.17, 15) is 22.4 Å². The third-order valence-electron chi connectivity index (χ3n) is 5.04. The summed E-state index contributed by atoms with van der Waals surface area (Å²) in [6, 6.07) is 8.68. The second-order valence-electron chi connectivity index (χ2n) is 7.29. The lowest BCUT2D eigenvalue weighted by Gasteiger charge is -2.14. The summed E-state index contributed by atoms with van der Waals surface area (Å²) in [5.74, 6) is -0.631. The molecule has 1 aliphatic rings. The van der Waals surface area contributed by atoms with Crippen molar-refractivity contribution in [1.29, 1.82) is 0 Å². The highest BCUT2D eigenvalue weighted by molar-refractivity contribution is 5.93. The Kier molecular flexibility index (Phi) is 5.32. The number of hydrogen-bond acceptors (Lipinski definition) is 3. The average molecular weight is 418 g/mol. The van der Waals surface area contributed by atoms with Gasteiger partial charge in [0.1, 0.15) is 5.82 Å². The van der Waals surface area contributed by atoms with E-state index in [1.165, 1.54) is 30.3 Å². The Morgan fingerprint density at radius 1 is 1.07 bits per heavy atom. The molecule has 0 saturated heterocycles. The van der Waals surface area contributed by atoms with Crippen molar-refractivity contribution < 1.29 is 26.9 Å². The Hall–Kier alpha value is -3.16. The number of aryl methyl sites for hydroxylation is 1. The van der Waals surface area contributed by atoms with Crippen LogP contribution < -0.4 is 5.32 Å². The van der Waals surface area contributed by atoms with Crippen molar-refractivity contribution in [3.8, 4) is 11.3 Å². The fourth-order valence-electron chi connectivity index (χ4n) is 3.60. The zero-order valence-corrected chi connectivity index (χ0v) is 15.9. The molecule has 1 heterocycles. The molecular weight excluding hydrogens is 400 g/mol. The number of fused-ring (bicyclic) bond motifs is 1. The first kappa shape index (κ1) is 20.1. The van der Waals surface area contributed by atoms with E-state index in [0.29, 0.717) is 17.7 Å². The number of carbonyl (C=O) groups excluding carboxylic acids is 1. The standard InChI is InChI=1S/C22H18F4N2O2/c23-16-7-5-13(6-8-16)9-20(29)27-17-11-14(10-15(12-17)22(24,25)26)21-18-3-1-2-4-19(18)28-30-21/h5-8,10-12H,1-4,9H2,(H,27,29). The van der Waals surface area contributed by atoms with Crippen LogP contribution in [0.15, 0.2) is 47.0 Å². The molecule has 1 N–H and O–H groups in total. The van der Waals surface area contributed by atoms with Crippen LogP contribution in [0.2, 0.25) is 0 Å². The van der Waals surface area contributed by atoms with Crippen LogP contribution >= 0.6 is 0 Å². The van der Waals surface area contributed by atoms with Crippen molar-refractivity contribution in [1.82, 2.24) is 5.16 Å². The van der Waals surface area contributed by atoms with Gasteiger partial charge in [-0.25, -0.2) is 4.39 Å². The molecular formula is C22H18F4N2O2. The molecule has 4 rings (SSSR count). The highest BCUT2D eigenvalue weighted by Crippen LogP contribution is 2.38. The Bertz CT molecular complexity index is 1070. The highest BCUT2D eigenvalue weighted by Gasteiger charge is 2.32. The van der Waals surface area contributed by atoms with Gasteiger partial charge in [0.2, 0.25) is 5.91 Å². The Morgan fingerprint density at radius 2 is 1.80 bits per heavy atom. The third-order valence-corrected chi connectivity index (χ3v) is 5.04. The molecule has 4 nitrogen and oxygen atoms in total. The highest BCUT2D eigenvalue weighted by atomic mass is 19.4. The Balaban J connectivity index is 1.64. The van der Waals surface area contributed by atoms with E-state index in [4.69, 9.17) is 4.52 Å². The molecule has 8 heteroatoms. The van der Waals surface area contributed by atoms with E-state index in [1.54, 1.807) is 0 Å². The van der Waals surface area contributed by atoms with Gasteiger partial charge in [-0.3, -0.25) is 4.79 Å². The lowest BCUT2D eigenvalue weighted by atomic mass is 9.93. The summed E-state index contributed by atoms with van der Waals surface area (Å²) in [4.78, 5) is 12.3. The van der Waals surface area contributed by atoms with Gasteiger partial charge < -0.3 is 9.84 Å². The molecule has 156 valence electrons. The Labute approximate surface area is 169 Å². The molecule has 1 aromatic heterocycles. The van der Waals surface area contributed by atoms with Crippen molar-refractivity contribution in [2.45, 2.75) is 38.3 Å². The predicted molar refractivity (Wildman–Crippen MR) is 102 cm³/mol. The summed E-state index contributed by atoms with van der Waals surface area (Å²) in [5, 5.41) is 6.51. The molecule has 30 heavy (non-hydrogen) atoms. The number of amides is 1. The average Bonchev–Trinajstić information content (AvgIpc) is 3.13. The first-order chi connectivity index (χ1) is 14.3. The molecule has 0 bridgehead atoms. The number of nitrogens with zero attached hydrogens (tertiary/aromatic N) is 1. The predicted octanol–water partition coefficient (Wildman–Crippen LogP) is 5.56. The molecule has 0 unspecified atom stereocenters. The van der Waals surface area contributed by atoms with Crippen molar-refractivity contribution in [2.75, 3.05) is 5.32 Å². The first-order valence-electron chi connectivity index (χ1n) is 9.54. The van der Waals surface area contributed by atoms with Crippen molar-refractivity contribution >= 4 is 11.6 Å². The summed E-state index contributed by atoms with van der Waals surface area (Å²) in [6.45, 7) is 0. The quantitative estimate of drug-likeness (QED) is 0.565. The van der Waals surface area contributed by atoms with E-state index < -0.39 is 23.5 Å². The maximum Gasteiger partial charge on any atom is 0.416 e. The minimum atomic E-state index is -4.59. The summed E-state index contributed by atoms with van der Waals surface area (Å²) < 4.78 is 58.7. The van der Waals surface area contributed by atoms with Crippen molar-refractivity contribution in [2.24, 2.45) is 0 Å². The maximum atomic E-state index is 13.5. The lowest BCUT2D eigenvalue weighted by Crippen LogP contribution is -2.15. The molecule has 0 atom stereocenters. The van der Waals surface area contributed by atoms with Gasteiger partial charge in [-0.1, -0.05) is 17.3 Å². The molecule has 3 aromatic rings. The van der Waals surface area contributed by atoms with Gasteiger partial charge in [-0.2, -0.15) is 13.2 Å².